The molecule has 2 heterocycles. The van der Waals surface area contributed by atoms with Crippen molar-refractivity contribution in [1.82, 2.24) is 9.88 Å². The van der Waals surface area contributed by atoms with Crippen LogP contribution in [-0.4, -0.2) is 34.8 Å². The van der Waals surface area contributed by atoms with Gasteiger partial charge in [0.05, 0.1) is 5.92 Å². The number of amides is 2. The molecule has 3 unspecified atom stereocenters. The second kappa shape index (κ2) is 6.36. The van der Waals surface area contributed by atoms with Crippen molar-refractivity contribution >= 4 is 33.6 Å². The summed E-state index contributed by atoms with van der Waals surface area (Å²) in [5.74, 6) is 1.29. The van der Waals surface area contributed by atoms with Crippen molar-refractivity contribution in [2.24, 2.45) is 17.8 Å². The van der Waals surface area contributed by atoms with E-state index in [0.717, 1.165) is 30.3 Å². The highest BCUT2D eigenvalue weighted by atomic mass is 79.9. The van der Waals surface area contributed by atoms with Gasteiger partial charge in [-0.05, 0) is 53.2 Å². The number of piperidine rings is 1. The second-order valence-electron chi connectivity index (χ2n) is 6.29. The van der Waals surface area contributed by atoms with Crippen LogP contribution >= 0.6 is 15.9 Å². The number of carbonyl (C=O) groups excluding carboxylic acids is 2. The largest absolute Gasteiger partial charge is 0.342 e. The Morgan fingerprint density at radius 2 is 2.18 bits per heavy atom. The Balaban J connectivity index is 1.58. The maximum absolute atomic E-state index is 12.4. The van der Waals surface area contributed by atoms with Gasteiger partial charge in [0, 0.05) is 29.7 Å². The van der Waals surface area contributed by atoms with E-state index in [1.807, 2.05) is 11.0 Å². The molecule has 1 saturated heterocycles. The Hall–Kier alpha value is -1.43. The lowest BCUT2D eigenvalue weighted by Gasteiger charge is -2.32. The summed E-state index contributed by atoms with van der Waals surface area (Å²) in [5.41, 5.74) is 0. The van der Waals surface area contributed by atoms with Gasteiger partial charge in [0.2, 0.25) is 11.8 Å². The maximum atomic E-state index is 12.4. The summed E-state index contributed by atoms with van der Waals surface area (Å²) >= 11 is 3.32. The van der Waals surface area contributed by atoms with E-state index in [0.29, 0.717) is 18.3 Å². The topological polar surface area (TPSA) is 62.3 Å². The predicted octanol–water partition coefficient (Wildman–Crippen LogP) is 2.68. The third kappa shape index (κ3) is 3.48. The SMILES string of the molecule is CC1CC1C(=O)N1CCCC(C(=O)Nc2ccc(Br)cn2)C1. The van der Waals surface area contributed by atoms with Crippen LogP contribution in [0.4, 0.5) is 5.82 Å². The van der Waals surface area contributed by atoms with Gasteiger partial charge in [0.25, 0.3) is 0 Å². The molecule has 1 aromatic heterocycles. The molecule has 1 aliphatic carbocycles. The maximum Gasteiger partial charge on any atom is 0.230 e. The van der Waals surface area contributed by atoms with Gasteiger partial charge >= 0.3 is 0 Å². The van der Waals surface area contributed by atoms with Crippen LogP contribution in [0.1, 0.15) is 26.2 Å². The molecule has 2 amide bonds. The van der Waals surface area contributed by atoms with Crippen molar-refractivity contribution in [3.05, 3.63) is 22.8 Å². The van der Waals surface area contributed by atoms with Gasteiger partial charge in [-0.25, -0.2) is 4.98 Å². The van der Waals surface area contributed by atoms with Crippen LogP contribution < -0.4 is 5.32 Å². The second-order valence-corrected chi connectivity index (χ2v) is 7.21. The molecule has 0 aromatic carbocycles. The van der Waals surface area contributed by atoms with E-state index in [1.54, 1.807) is 12.3 Å². The van der Waals surface area contributed by atoms with Crippen LogP contribution in [0.25, 0.3) is 0 Å². The number of likely N-dealkylation sites (tertiary alicyclic amines) is 1. The lowest BCUT2D eigenvalue weighted by Crippen LogP contribution is -2.44. The van der Waals surface area contributed by atoms with Gasteiger partial charge in [-0.2, -0.15) is 0 Å². The molecule has 0 radical (unpaired) electrons. The summed E-state index contributed by atoms with van der Waals surface area (Å²) in [6.45, 7) is 3.42. The fraction of sp³-hybridized carbons (Fsp3) is 0.562. The Labute approximate surface area is 138 Å². The zero-order chi connectivity index (χ0) is 15.7. The molecular weight excluding hydrogens is 346 g/mol. The number of aromatic nitrogens is 1. The van der Waals surface area contributed by atoms with Crippen molar-refractivity contribution in [1.29, 1.82) is 0 Å². The normalized spacial score (nSPS) is 27.4. The van der Waals surface area contributed by atoms with Gasteiger partial charge in [-0.3, -0.25) is 9.59 Å². The molecule has 2 fully saturated rings. The molecule has 118 valence electrons. The minimum absolute atomic E-state index is 0.0452. The summed E-state index contributed by atoms with van der Waals surface area (Å²) in [6.07, 6.45) is 4.36. The van der Waals surface area contributed by atoms with Crippen molar-refractivity contribution in [2.45, 2.75) is 26.2 Å². The zero-order valence-electron chi connectivity index (χ0n) is 12.6. The molecule has 0 bridgehead atoms. The van der Waals surface area contributed by atoms with E-state index in [4.69, 9.17) is 0 Å². The van der Waals surface area contributed by atoms with E-state index in [1.165, 1.54) is 0 Å². The highest BCUT2D eigenvalue weighted by molar-refractivity contribution is 9.10. The van der Waals surface area contributed by atoms with Gasteiger partial charge in [-0.15, -0.1) is 0 Å². The van der Waals surface area contributed by atoms with Gasteiger partial charge in [-0.1, -0.05) is 6.92 Å². The van der Waals surface area contributed by atoms with Crippen LogP contribution in [-0.2, 0) is 9.59 Å². The Bertz CT molecular complexity index is 575. The number of hydrogen-bond acceptors (Lipinski definition) is 3. The average Bonchev–Trinajstić information content (AvgIpc) is 3.26. The molecule has 1 saturated carbocycles. The van der Waals surface area contributed by atoms with Crippen molar-refractivity contribution in [3.8, 4) is 0 Å². The summed E-state index contributed by atoms with van der Waals surface area (Å²) in [6, 6.07) is 3.60. The fourth-order valence-corrected chi connectivity index (χ4v) is 3.20. The summed E-state index contributed by atoms with van der Waals surface area (Å²) in [4.78, 5) is 30.7. The lowest BCUT2D eigenvalue weighted by molar-refractivity contribution is -0.136. The van der Waals surface area contributed by atoms with Crippen LogP contribution in [0.3, 0.4) is 0 Å². The summed E-state index contributed by atoms with van der Waals surface area (Å²) in [5, 5.41) is 2.84. The standard InChI is InChI=1S/C16H20BrN3O2/c1-10-7-13(10)16(22)20-6-2-3-11(9-20)15(21)19-14-5-4-12(17)8-18-14/h4-5,8,10-11,13H,2-3,6-7,9H2,1H3,(H,18,19,21). The third-order valence-corrected chi connectivity index (χ3v) is 4.98. The molecular formula is C16H20BrN3O2. The molecule has 0 spiro atoms. The van der Waals surface area contributed by atoms with E-state index in [2.05, 4.69) is 33.2 Å². The molecule has 6 heteroatoms. The predicted molar refractivity (Wildman–Crippen MR) is 87.1 cm³/mol. The van der Waals surface area contributed by atoms with Crippen molar-refractivity contribution < 1.29 is 9.59 Å². The number of nitrogens with zero attached hydrogens (tertiary/aromatic N) is 2. The first-order valence-electron chi connectivity index (χ1n) is 7.76. The van der Waals surface area contributed by atoms with Crippen LogP contribution in [0.2, 0.25) is 0 Å². The van der Waals surface area contributed by atoms with E-state index >= 15 is 0 Å². The first-order chi connectivity index (χ1) is 10.5. The van der Waals surface area contributed by atoms with E-state index in [9.17, 15) is 9.59 Å². The number of pyridine rings is 1. The van der Waals surface area contributed by atoms with Gasteiger partial charge in [0.15, 0.2) is 0 Å². The average molecular weight is 366 g/mol. The Morgan fingerprint density at radius 1 is 1.41 bits per heavy atom. The number of rotatable bonds is 3. The van der Waals surface area contributed by atoms with Crippen LogP contribution in [0.5, 0.6) is 0 Å². The number of carbonyl (C=O) groups is 2. The van der Waals surface area contributed by atoms with Crippen molar-refractivity contribution in [3.63, 3.8) is 0 Å². The fourth-order valence-electron chi connectivity index (χ4n) is 2.97. The molecule has 1 aromatic rings. The number of hydrogen-bond donors (Lipinski definition) is 1. The van der Waals surface area contributed by atoms with Gasteiger partial charge in [0.1, 0.15) is 5.82 Å². The van der Waals surface area contributed by atoms with Crippen LogP contribution in [0, 0.1) is 17.8 Å². The van der Waals surface area contributed by atoms with E-state index < -0.39 is 0 Å². The minimum Gasteiger partial charge on any atom is -0.342 e. The molecule has 22 heavy (non-hydrogen) atoms. The quantitative estimate of drug-likeness (QED) is 0.895. The lowest BCUT2D eigenvalue weighted by atomic mass is 9.96. The van der Waals surface area contributed by atoms with Crippen LogP contribution in [0.15, 0.2) is 22.8 Å². The minimum atomic E-state index is -0.141. The molecule has 2 aliphatic rings. The first-order valence-corrected chi connectivity index (χ1v) is 8.55. The van der Waals surface area contributed by atoms with Gasteiger partial charge < -0.3 is 10.2 Å². The zero-order valence-corrected chi connectivity index (χ0v) is 14.2. The smallest absolute Gasteiger partial charge is 0.230 e. The number of halogens is 1. The summed E-state index contributed by atoms with van der Waals surface area (Å²) < 4.78 is 0.874. The molecule has 3 rings (SSSR count). The monoisotopic (exact) mass is 365 g/mol. The molecule has 1 N–H and O–H groups in total. The van der Waals surface area contributed by atoms with E-state index in [-0.39, 0.29) is 23.7 Å². The Morgan fingerprint density at radius 3 is 2.82 bits per heavy atom. The molecule has 1 aliphatic heterocycles. The first kappa shape index (κ1) is 15.5. The number of nitrogens with one attached hydrogen (secondary N) is 1. The summed E-state index contributed by atoms with van der Waals surface area (Å²) in [7, 11) is 0. The highest BCUT2D eigenvalue weighted by Crippen LogP contribution is 2.39. The molecule has 3 atom stereocenters. The highest BCUT2D eigenvalue weighted by Gasteiger charge is 2.42. The third-order valence-electron chi connectivity index (χ3n) is 4.51. The molecule has 5 nitrogen and oxygen atoms in total. The Kier molecular flexibility index (Phi) is 4.47. The van der Waals surface area contributed by atoms with Crippen molar-refractivity contribution in [2.75, 3.05) is 18.4 Å². The number of anilines is 1.